The van der Waals surface area contributed by atoms with Crippen LogP contribution in [0, 0.1) is 0 Å². The molecule has 1 unspecified atom stereocenters. The van der Waals surface area contributed by atoms with Crippen molar-refractivity contribution in [2.45, 2.75) is 10.8 Å². The summed E-state index contributed by atoms with van der Waals surface area (Å²) in [7, 11) is -3.22. The van der Waals surface area contributed by atoms with Crippen molar-refractivity contribution in [2.75, 3.05) is 6.26 Å². The highest BCUT2D eigenvalue weighted by atomic mass is 32.2. The van der Waals surface area contributed by atoms with Gasteiger partial charge in [0.25, 0.3) is 0 Å². The van der Waals surface area contributed by atoms with Crippen molar-refractivity contribution in [3.05, 3.63) is 72.3 Å². The van der Waals surface area contributed by atoms with E-state index >= 15 is 0 Å². The molecule has 2 aromatic rings. The van der Waals surface area contributed by atoms with Crippen LogP contribution < -0.4 is 0 Å². The maximum atomic E-state index is 11.4. The summed E-state index contributed by atoms with van der Waals surface area (Å²) in [5, 5.41) is 0. The molecule has 0 saturated carbocycles. The van der Waals surface area contributed by atoms with Crippen LogP contribution in [-0.4, -0.2) is 21.0 Å². The van der Waals surface area contributed by atoms with Gasteiger partial charge in [0.2, 0.25) is 0 Å². The molecule has 0 amide bonds. The summed E-state index contributed by atoms with van der Waals surface area (Å²) >= 11 is 0. The maximum Gasteiger partial charge on any atom is 0.175 e. The number of benzene rings is 2. The first-order chi connectivity index (χ1) is 9.93. The fourth-order valence-electron chi connectivity index (χ4n) is 2.12. The third kappa shape index (κ3) is 3.47. The van der Waals surface area contributed by atoms with Crippen LogP contribution in [-0.2, 0) is 14.6 Å². The molecule has 21 heavy (non-hydrogen) atoms. The first kappa shape index (κ1) is 15.2. The zero-order valence-electron chi connectivity index (χ0n) is 11.7. The van der Waals surface area contributed by atoms with Crippen molar-refractivity contribution < 1.29 is 13.2 Å². The SMILES string of the molecule is C=C(c1ccc(S(C)(=O)=O)cc1)C(C=O)c1ccccc1. The molecule has 0 aliphatic carbocycles. The minimum Gasteiger partial charge on any atom is -0.302 e. The molecule has 4 heteroatoms. The monoisotopic (exact) mass is 300 g/mol. The largest absolute Gasteiger partial charge is 0.302 e. The van der Waals surface area contributed by atoms with E-state index in [1.54, 1.807) is 12.1 Å². The zero-order valence-corrected chi connectivity index (χ0v) is 12.5. The zero-order chi connectivity index (χ0) is 15.5. The van der Waals surface area contributed by atoms with E-state index in [2.05, 4.69) is 6.58 Å². The van der Waals surface area contributed by atoms with Gasteiger partial charge in [-0.1, -0.05) is 49.0 Å². The highest BCUT2D eigenvalue weighted by Crippen LogP contribution is 2.29. The lowest BCUT2D eigenvalue weighted by Gasteiger charge is -2.14. The fraction of sp³-hybridized carbons (Fsp3) is 0.118. The van der Waals surface area contributed by atoms with Crippen LogP contribution in [0.5, 0.6) is 0 Å². The van der Waals surface area contributed by atoms with Crippen LogP contribution in [0.4, 0.5) is 0 Å². The molecule has 0 spiro atoms. The topological polar surface area (TPSA) is 51.2 Å². The van der Waals surface area contributed by atoms with Crippen LogP contribution in [0.15, 0.2) is 66.1 Å². The van der Waals surface area contributed by atoms with Crippen molar-refractivity contribution >= 4 is 21.7 Å². The Morgan fingerprint density at radius 1 is 1.05 bits per heavy atom. The molecular weight excluding hydrogens is 284 g/mol. The lowest BCUT2D eigenvalue weighted by atomic mass is 9.89. The molecule has 0 aromatic heterocycles. The van der Waals surface area contributed by atoms with E-state index < -0.39 is 15.8 Å². The summed E-state index contributed by atoms with van der Waals surface area (Å²) in [6, 6.07) is 15.8. The van der Waals surface area contributed by atoms with Gasteiger partial charge in [-0.25, -0.2) is 8.42 Å². The summed E-state index contributed by atoms with van der Waals surface area (Å²) < 4.78 is 22.9. The highest BCUT2D eigenvalue weighted by molar-refractivity contribution is 7.90. The van der Waals surface area contributed by atoms with Crippen molar-refractivity contribution in [1.29, 1.82) is 0 Å². The second-order valence-electron chi connectivity index (χ2n) is 4.85. The number of hydrogen-bond acceptors (Lipinski definition) is 3. The molecule has 0 saturated heterocycles. The van der Waals surface area contributed by atoms with Gasteiger partial charge in [-0.05, 0) is 28.8 Å². The van der Waals surface area contributed by atoms with Gasteiger partial charge in [-0.3, -0.25) is 0 Å². The number of carbonyl (C=O) groups excluding carboxylic acids is 1. The molecule has 3 nitrogen and oxygen atoms in total. The average Bonchev–Trinajstić information content (AvgIpc) is 2.48. The number of sulfone groups is 1. The Morgan fingerprint density at radius 2 is 1.62 bits per heavy atom. The van der Waals surface area contributed by atoms with E-state index in [1.807, 2.05) is 30.3 Å². The summed E-state index contributed by atoms with van der Waals surface area (Å²) in [6.45, 7) is 3.98. The first-order valence-electron chi connectivity index (χ1n) is 6.43. The molecule has 0 N–H and O–H groups in total. The van der Waals surface area contributed by atoms with Gasteiger partial charge in [0.15, 0.2) is 9.84 Å². The van der Waals surface area contributed by atoms with E-state index in [0.29, 0.717) is 5.57 Å². The van der Waals surface area contributed by atoms with Gasteiger partial charge in [0.05, 0.1) is 10.8 Å². The van der Waals surface area contributed by atoms with Crippen LogP contribution in [0.25, 0.3) is 5.57 Å². The number of allylic oxidation sites excluding steroid dienone is 1. The molecule has 0 aliphatic rings. The third-order valence-corrected chi connectivity index (χ3v) is 4.45. The smallest absolute Gasteiger partial charge is 0.175 e. The molecule has 0 fully saturated rings. The molecule has 2 rings (SSSR count). The Morgan fingerprint density at radius 3 is 2.10 bits per heavy atom. The average molecular weight is 300 g/mol. The predicted molar refractivity (Wildman–Crippen MR) is 83.8 cm³/mol. The van der Waals surface area contributed by atoms with E-state index in [1.165, 1.54) is 12.1 Å². The van der Waals surface area contributed by atoms with Crippen LogP contribution in [0.1, 0.15) is 17.0 Å². The van der Waals surface area contributed by atoms with Gasteiger partial charge in [0.1, 0.15) is 6.29 Å². The van der Waals surface area contributed by atoms with E-state index in [0.717, 1.165) is 23.7 Å². The first-order valence-corrected chi connectivity index (χ1v) is 8.32. The molecule has 1 atom stereocenters. The molecule has 0 heterocycles. The number of hydrogen-bond donors (Lipinski definition) is 0. The molecule has 0 aliphatic heterocycles. The van der Waals surface area contributed by atoms with E-state index in [-0.39, 0.29) is 4.90 Å². The Kier molecular flexibility index (Phi) is 4.38. The molecule has 108 valence electrons. The Balaban J connectivity index is 2.33. The fourth-order valence-corrected chi connectivity index (χ4v) is 2.75. The summed E-state index contributed by atoms with van der Waals surface area (Å²) in [6.07, 6.45) is 2.01. The maximum absolute atomic E-state index is 11.4. The lowest BCUT2D eigenvalue weighted by molar-refractivity contribution is -0.108. The minimum atomic E-state index is -3.22. The van der Waals surface area contributed by atoms with Gasteiger partial charge in [-0.2, -0.15) is 0 Å². The van der Waals surface area contributed by atoms with Crippen LogP contribution in [0.2, 0.25) is 0 Å². The summed E-state index contributed by atoms with van der Waals surface area (Å²) in [5.74, 6) is -0.435. The standard InChI is InChI=1S/C17H16O3S/c1-13(17(12-18)15-6-4-3-5-7-15)14-8-10-16(11-9-14)21(2,19)20/h3-12,17H,1H2,2H3. The summed E-state index contributed by atoms with van der Waals surface area (Å²) in [5.41, 5.74) is 2.27. The van der Waals surface area contributed by atoms with Gasteiger partial charge < -0.3 is 4.79 Å². The van der Waals surface area contributed by atoms with Gasteiger partial charge >= 0.3 is 0 Å². The lowest BCUT2D eigenvalue weighted by Crippen LogP contribution is -2.03. The third-order valence-electron chi connectivity index (χ3n) is 3.32. The van der Waals surface area contributed by atoms with E-state index in [4.69, 9.17) is 0 Å². The Bertz CT molecular complexity index is 744. The van der Waals surface area contributed by atoms with Crippen molar-refractivity contribution in [2.24, 2.45) is 0 Å². The molecule has 2 aromatic carbocycles. The Labute approximate surface area is 124 Å². The minimum absolute atomic E-state index is 0.251. The van der Waals surface area contributed by atoms with Crippen molar-refractivity contribution in [3.8, 4) is 0 Å². The van der Waals surface area contributed by atoms with Crippen LogP contribution >= 0.6 is 0 Å². The van der Waals surface area contributed by atoms with Crippen LogP contribution in [0.3, 0.4) is 0 Å². The van der Waals surface area contributed by atoms with Crippen molar-refractivity contribution in [3.63, 3.8) is 0 Å². The quantitative estimate of drug-likeness (QED) is 0.797. The normalized spacial score (nSPS) is 12.6. The highest BCUT2D eigenvalue weighted by Gasteiger charge is 2.16. The molecule has 0 radical (unpaired) electrons. The number of carbonyl (C=O) groups is 1. The van der Waals surface area contributed by atoms with Gasteiger partial charge in [-0.15, -0.1) is 0 Å². The second-order valence-corrected chi connectivity index (χ2v) is 6.86. The predicted octanol–water partition coefficient (Wildman–Crippen LogP) is 3.09. The van der Waals surface area contributed by atoms with Crippen molar-refractivity contribution in [1.82, 2.24) is 0 Å². The Hall–Kier alpha value is -2.20. The van der Waals surface area contributed by atoms with Gasteiger partial charge in [0, 0.05) is 6.26 Å². The van der Waals surface area contributed by atoms with E-state index in [9.17, 15) is 13.2 Å². The molecular formula is C17H16O3S. The second kappa shape index (κ2) is 6.06. The molecule has 0 bridgehead atoms. The number of aldehydes is 1. The number of rotatable bonds is 5. The summed E-state index contributed by atoms with van der Waals surface area (Å²) in [4.78, 5) is 11.6.